The highest BCUT2D eigenvalue weighted by Crippen LogP contribution is 2.42. The molecule has 0 aliphatic heterocycles. The summed E-state index contributed by atoms with van der Waals surface area (Å²) < 4.78 is 0. The molecule has 0 radical (unpaired) electrons. The van der Waals surface area contributed by atoms with E-state index in [2.05, 4.69) is 6.92 Å². The SMILES string of the molecule is CC1C(Cl)C1CN. The average Bonchev–Trinajstić information content (AvgIpc) is 2.17. The summed E-state index contributed by atoms with van der Waals surface area (Å²) in [5, 5.41) is 0.380. The molecule has 0 spiro atoms. The standard InChI is InChI=1S/C5H10ClN/c1-3-4(2-7)5(3)6/h3-5H,2,7H2,1H3. The summed E-state index contributed by atoms with van der Waals surface area (Å²) in [6.07, 6.45) is 0. The predicted octanol–water partition coefficient (Wildman–Crippen LogP) is 0.818. The first-order valence-electron chi connectivity index (χ1n) is 2.61. The summed E-state index contributed by atoms with van der Waals surface area (Å²) in [6.45, 7) is 2.89. The van der Waals surface area contributed by atoms with Crippen LogP contribution >= 0.6 is 11.6 Å². The maximum absolute atomic E-state index is 5.72. The van der Waals surface area contributed by atoms with E-state index in [1.165, 1.54) is 0 Å². The Labute approximate surface area is 48.8 Å². The highest BCUT2D eigenvalue weighted by Gasteiger charge is 2.43. The Morgan fingerprint density at radius 2 is 2.14 bits per heavy atom. The van der Waals surface area contributed by atoms with Gasteiger partial charge in [0.2, 0.25) is 0 Å². The first kappa shape index (κ1) is 5.39. The van der Waals surface area contributed by atoms with E-state index in [0.717, 1.165) is 6.54 Å². The number of hydrogen-bond acceptors (Lipinski definition) is 1. The summed E-state index contributed by atoms with van der Waals surface area (Å²) in [6, 6.07) is 0. The molecule has 2 N–H and O–H groups in total. The van der Waals surface area contributed by atoms with Gasteiger partial charge in [0.15, 0.2) is 0 Å². The molecule has 0 saturated heterocycles. The van der Waals surface area contributed by atoms with E-state index in [-0.39, 0.29) is 0 Å². The van der Waals surface area contributed by atoms with Crippen molar-refractivity contribution < 1.29 is 0 Å². The van der Waals surface area contributed by atoms with Crippen molar-refractivity contribution in [3.63, 3.8) is 0 Å². The van der Waals surface area contributed by atoms with Crippen molar-refractivity contribution >= 4 is 11.6 Å². The highest BCUT2D eigenvalue weighted by molar-refractivity contribution is 6.22. The Bertz CT molecular complexity index is 66.5. The molecule has 1 nitrogen and oxygen atoms in total. The van der Waals surface area contributed by atoms with Crippen LogP contribution in [-0.2, 0) is 0 Å². The molecule has 7 heavy (non-hydrogen) atoms. The van der Waals surface area contributed by atoms with Crippen LogP contribution in [0.4, 0.5) is 0 Å². The monoisotopic (exact) mass is 119 g/mol. The molecule has 0 aromatic heterocycles. The van der Waals surface area contributed by atoms with Gasteiger partial charge in [-0.3, -0.25) is 0 Å². The van der Waals surface area contributed by atoms with Crippen LogP contribution in [-0.4, -0.2) is 11.9 Å². The maximum atomic E-state index is 5.72. The molecule has 3 unspecified atom stereocenters. The fourth-order valence-corrected chi connectivity index (χ4v) is 1.27. The average molecular weight is 120 g/mol. The molecule has 2 heteroatoms. The minimum absolute atomic E-state index is 0.380. The molecule has 42 valence electrons. The number of nitrogens with two attached hydrogens (primary N) is 1. The van der Waals surface area contributed by atoms with Gasteiger partial charge < -0.3 is 5.73 Å². The third-order valence-electron chi connectivity index (χ3n) is 1.72. The van der Waals surface area contributed by atoms with Gasteiger partial charge >= 0.3 is 0 Å². The van der Waals surface area contributed by atoms with Crippen molar-refractivity contribution in [1.29, 1.82) is 0 Å². The van der Waals surface area contributed by atoms with Gasteiger partial charge in [0.25, 0.3) is 0 Å². The Kier molecular flexibility index (Phi) is 1.26. The molecule has 1 aliphatic rings. The third-order valence-corrected chi connectivity index (χ3v) is 2.44. The van der Waals surface area contributed by atoms with Gasteiger partial charge in [-0.05, 0) is 18.4 Å². The van der Waals surface area contributed by atoms with E-state index in [1.54, 1.807) is 0 Å². The van der Waals surface area contributed by atoms with Crippen LogP contribution in [0.2, 0.25) is 0 Å². The van der Waals surface area contributed by atoms with Crippen molar-refractivity contribution in [2.24, 2.45) is 17.6 Å². The number of hydrogen-bond donors (Lipinski definition) is 1. The lowest BCUT2D eigenvalue weighted by molar-refractivity contribution is 0.761. The van der Waals surface area contributed by atoms with E-state index < -0.39 is 0 Å². The lowest BCUT2D eigenvalue weighted by Crippen LogP contribution is -2.02. The van der Waals surface area contributed by atoms with Gasteiger partial charge in [-0.2, -0.15) is 0 Å². The summed E-state index contributed by atoms with van der Waals surface area (Å²) in [7, 11) is 0. The van der Waals surface area contributed by atoms with Gasteiger partial charge in [0, 0.05) is 5.38 Å². The zero-order valence-electron chi connectivity index (χ0n) is 4.39. The molecular formula is C5H10ClN. The van der Waals surface area contributed by atoms with Gasteiger partial charge in [0.05, 0.1) is 0 Å². The largest absolute Gasteiger partial charge is 0.330 e. The lowest BCUT2D eigenvalue weighted by Gasteiger charge is -1.80. The first-order chi connectivity index (χ1) is 3.27. The van der Waals surface area contributed by atoms with Crippen molar-refractivity contribution in [1.82, 2.24) is 0 Å². The molecule has 1 rings (SSSR count). The Balaban J connectivity index is 2.24. The molecule has 0 bridgehead atoms. The van der Waals surface area contributed by atoms with Gasteiger partial charge in [0.1, 0.15) is 0 Å². The second kappa shape index (κ2) is 1.64. The van der Waals surface area contributed by atoms with Gasteiger partial charge in [-0.15, -0.1) is 11.6 Å². The normalized spacial score (nSPS) is 49.3. The molecule has 0 amide bonds. The molecule has 0 aromatic rings. The Hall–Kier alpha value is 0.250. The van der Waals surface area contributed by atoms with Crippen molar-refractivity contribution in [3.05, 3.63) is 0 Å². The van der Waals surface area contributed by atoms with Crippen molar-refractivity contribution in [3.8, 4) is 0 Å². The Morgan fingerprint density at radius 1 is 1.71 bits per heavy atom. The van der Waals surface area contributed by atoms with E-state index >= 15 is 0 Å². The smallest absolute Gasteiger partial charge is 0.0408 e. The molecule has 1 fully saturated rings. The van der Waals surface area contributed by atoms with Crippen molar-refractivity contribution in [2.75, 3.05) is 6.54 Å². The summed E-state index contributed by atoms with van der Waals surface area (Å²) >= 11 is 5.72. The third kappa shape index (κ3) is 0.752. The number of alkyl halides is 1. The van der Waals surface area contributed by atoms with Gasteiger partial charge in [-0.25, -0.2) is 0 Å². The second-order valence-electron chi connectivity index (χ2n) is 2.20. The topological polar surface area (TPSA) is 26.0 Å². The molecule has 1 saturated carbocycles. The number of halogens is 1. The molecular weight excluding hydrogens is 110 g/mol. The second-order valence-corrected chi connectivity index (χ2v) is 2.71. The minimum atomic E-state index is 0.380. The fourth-order valence-electron chi connectivity index (χ4n) is 0.837. The number of rotatable bonds is 1. The predicted molar refractivity (Wildman–Crippen MR) is 31.3 cm³/mol. The van der Waals surface area contributed by atoms with E-state index in [9.17, 15) is 0 Å². The quantitative estimate of drug-likeness (QED) is 0.508. The van der Waals surface area contributed by atoms with E-state index in [4.69, 9.17) is 17.3 Å². The summed E-state index contributed by atoms with van der Waals surface area (Å²) in [5.74, 6) is 1.29. The van der Waals surface area contributed by atoms with E-state index in [1.807, 2.05) is 0 Å². The molecule has 0 heterocycles. The van der Waals surface area contributed by atoms with Crippen LogP contribution in [0.3, 0.4) is 0 Å². The van der Waals surface area contributed by atoms with Crippen LogP contribution in [0.15, 0.2) is 0 Å². The summed E-state index contributed by atoms with van der Waals surface area (Å²) in [4.78, 5) is 0. The molecule has 3 atom stereocenters. The fraction of sp³-hybridized carbons (Fsp3) is 1.00. The Morgan fingerprint density at radius 3 is 2.14 bits per heavy atom. The summed E-state index contributed by atoms with van der Waals surface area (Å²) in [5.41, 5.74) is 5.33. The van der Waals surface area contributed by atoms with Crippen molar-refractivity contribution in [2.45, 2.75) is 12.3 Å². The maximum Gasteiger partial charge on any atom is 0.0408 e. The molecule has 1 aliphatic carbocycles. The van der Waals surface area contributed by atoms with Crippen LogP contribution < -0.4 is 5.73 Å². The lowest BCUT2D eigenvalue weighted by atomic mass is 10.3. The van der Waals surface area contributed by atoms with Crippen LogP contribution in [0, 0.1) is 11.8 Å². The van der Waals surface area contributed by atoms with Crippen LogP contribution in [0.25, 0.3) is 0 Å². The van der Waals surface area contributed by atoms with Crippen LogP contribution in [0.5, 0.6) is 0 Å². The van der Waals surface area contributed by atoms with Crippen LogP contribution in [0.1, 0.15) is 6.92 Å². The van der Waals surface area contributed by atoms with Gasteiger partial charge in [-0.1, -0.05) is 6.92 Å². The zero-order chi connectivity index (χ0) is 5.44. The van der Waals surface area contributed by atoms with E-state index in [0.29, 0.717) is 17.2 Å². The molecule has 0 aromatic carbocycles. The minimum Gasteiger partial charge on any atom is -0.330 e. The highest BCUT2D eigenvalue weighted by atomic mass is 35.5. The zero-order valence-corrected chi connectivity index (χ0v) is 5.15. The first-order valence-corrected chi connectivity index (χ1v) is 3.05.